The number of aliphatic carboxylic acids is 1. The van der Waals surface area contributed by atoms with Gasteiger partial charge >= 0.3 is 5.97 Å². The van der Waals surface area contributed by atoms with Crippen LogP contribution in [0.2, 0.25) is 0 Å². The first-order valence-electron chi connectivity index (χ1n) is 6.18. The van der Waals surface area contributed by atoms with Gasteiger partial charge < -0.3 is 5.11 Å². The number of carbonyl (C=O) groups is 1. The Hall–Kier alpha value is -1.07. The second-order valence-corrected chi connectivity index (χ2v) is 5.62. The summed E-state index contributed by atoms with van der Waals surface area (Å²) in [6, 6.07) is 4.22. The van der Waals surface area contributed by atoms with Crippen molar-refractivity contribution in [3.8, 4) is 0 Å². The molecule has 5 heteroatoms. The number of hydrogen-bond donors (Lipinski definition) is 1. The zero-order chi connectivity index (χ0) is 12.8. The third kappa shape index (κ3) is 3.99. The molecule has 98 valence electrons. The summed E-state index contributed by atoms with van der Waals surface area (Å²) in [4.78, 5) is 17.2. The number of carboxylic acid groups (broad SMARTS) is 1. The van der Waals surface area contributed by atoms with Gasteiger partial charge in [-0.1, -0.05) is 0 Å². The first-order chi connectivity index (χ1) is 8.75. The molecule has 0 radical (unpaired) electrons. The van der Waals surface area contributed by atoms with Crippen LogP contribution in [-0.4, -0.2) is 51.6 Å². The summed E-state index contributed by atoms with van der Waals surface area (Å²) in [6.07, 6.45) is 4.82. The number of hydrogen-bond acceptors (Lipinski definition) is 4. The summed E-state index contributed by atoms with van der Waals surface area (Å²) in [7, 11) is 0. The highest BCUT2D eigenvalue weighted by atomic mass is 32.2. The standard InChI is InChI=1S/C13H18N2O2S/c16-13(17)9-12-10-18-8-7-15(12)6-3-11-1-4-14-5-2-11/h1-2,4-5,12H,3,6-10H2,(H,16,17). The zero-order valence-electron chi connectivity index (χ0n) is 10.3. The fourth-order valence-corrected chi connectivity index (χ4v) is 3.33. The SMILES string of the molecule is O=C(O)CC1CSCCN1CCc1ccncc1. The first kappa shape index (κ1) is 13.4. The Balaban J connectivity index is 1.87. The monoisotopic (exact) mass is 266 g/mol. The molecule has 1 aliphatic heterocycles. The molecule has 1 fully saturated rings. The van der Waals surface area contributed by atoms with Crippen LogP contribution >= 0.6 is 11.8 Å². The zero-order valence-corrected chi connectivity index (χ0v) is 11.1. The number of nitrogens with zero attached hydrogens (tertiary/aromatic N) is 2. The average Bonchev–Trinajstić information content (AvgIpc) is 2.38. The Morgan fingerprint density at radius 3 is 3.00 bits per heavy atom. The second kappa shape index (κ2) is 6.75. The molecular formula is C13H18N2O2S. The summed E-state index contributed by atoms with van der Waals surface area (Å²) >= 11 is 1.86. The highest BCUT2D eigenvalue weighted by Crippen LogP contribution is 2.19. The Morgan fingerprint density at radius 2 is 2.28 bits per heavy atom. The molecular weight excluding hydrogens is 248 g/mol. The lowest BCUT2D eigenvalue weighted by atomic mass is 10.1. The maximum atomic E-state index is 10.8. The van der Waals surface area contributed by atoms with Crippen molar-refractivity contribution in [1.82, 2.24) is 9.88 Å². The van der Waals surface area contributed by atoms with E-state index in [1.165, 1.54) is 5.56 Å². The first-order valence-corrected chi connectivity index (χ1v) is 7.33. The minimum atomic E-state index is -0.698. The third-order valence-corrected chi connectivity index (χ3v) is 4.29. The van der Waals surface area contributed by atoms with E-state index in [0.29, 0.717) is 0 Å². The number of rotatable bonds is 5. The van der Waals surface area contributed by atoms with E-state index in [1.54, 1.807) is 12.4 Å². The fourth-order valence-electron chi connectivity index (χ4n) is 2.20. The summed E-state index contributed by atoms with van der Waals surface area (Å²) in [6.45, 7) is 1.93. The van der Waals surface area contributed by atoms with Gasteiger partial charge in [0.05, 0.1) is 6.42 Å². The predicted molar refractivity (Wildman–Crippen MR) is 72.9 cm³/mol. The molecule has 0 bridgehead atoms. The van der Waals surface area contributed by atoms with Crippen molar-refractivity contribution in [3.05, 3.63) is 30.1 Å². The van der Waals surface area contributed by atoms with Gasteiger partial charge in [-0.2, -0.15) is 11.8 Å². The van der Waals surface area contributed by atoms with Crippen LogP contribution in [0, 0.1) is 0 Å². The van der Waals surface area contributed by atoms with Crippen molar-refractivity contribution >= 4 is 17.7 Å². The summed E-state index contributed by atoms with van der Waals surface area (Å²) in [5.41, 5.74) is 1.26. The van der Waals surface area contributed by atoms with Crippen LogP contribution in [0.5, 0.6) is 0 Å². The molecule has 0 aromatic carbocycles. The molecule has 1 saturated heterocycles. The lowest BCUT2D eigenvalue weighted by Crippen LogP contribution is -2.44. The molecule has 1 aromatic rings. The molecule has 1 aromatic heterocycles. The maximum Gasteiger partial charge on any atom is 0.304 e. The van der Waals surface area contributed by atoms with E-state index in [0.717, 1.165) is 31.0 Å². The van der Waals surface area contributed by atoms with Crippen LogP contribution in [0.1, 0.15) is 12.0 Å². The smallest absolute Gasteiger partial charge is 0.304 e. The Morgan fingerprint density at radius 1 is 1.50 bits per heavy atom. The van der Waals surface area contributed by atoms with E-state index < -0.39 is 5.97 Å². The highest BCUT2D eigenvalue weighted by Gasteiger charge is 2.24. The Bertz CT molecular complexity index is 386. The van der Waals surface area contributed by atoms with Gasteiger partial charge in [0.2, 0.25) is 0 Å². The van der Waals surface area contributed by atoms with E-state index in [2.05, 4.69) is 9.88 Å². The van der Waals surface area contributed by atoms with Gasteiger partial charge in [0, 0.05) is 43.0 Å². The average molecular weight is 266 g/mol. The van der Waals surface area contributed by atoms with Gasteiger partial charge in [-0.25, -0.2) is 0 Å². The van der Waals surface area contributed by atoms with Gasteiger partial charge in [0.25, 0.3) is 0 Å². The molecule has 1 unspecified atom stereocenters. The lowest BCUT2D eigenvalue weighted by molar-refractivity contribution is -0.138. The maximum absolute atomic E-state index is 10.8. The number of thioether (sulfide) groups is 1. The van der Waals surface area contributed by atoms with E-state index in [9.17, 15) is 4.79 Å². The molecule has 0 aliphatic carbocycles. The number of carboxylic acids is 1. The van der Waals surface area contributed by atoms with E-state index in [4.69, 9.17) is 5.11 Å². The molecule has 2 heterocycles. The quantitative estimate of drug-likeness (QED) is 0.875. The van der Waals surface area contributed by atoms with Gasteiger partial charge in [0.15, 0.2) is 0 Å². The molecule has 1 aliphatic rings. The van der Waals surface area contributed by atoms with Crippen LogP contribution in [-0.2, 0) is 11.2 Å². The molecule has 1 atom stereocenters. The largest absolute Gasteiger partial charge is 0.481 e. The number of aromatic nitrogens is 1. The van der Waals surface area contributed by atoms with Crippen LogP contribution in [0.3, 0.4) is 0 Å². The minimum absolute atomic E-state index is 0.183. The van der Waals surface area contributed by atoms with Crippen LogP contribution in [0.15, 0.2) is 24.5 Å². The van der Waals surface area contributed by atoms with Gasteiger partial charge in [0.1, 0.15) is 0 Å². The van der Waals surface area contributed by atoms with E-state index in [1.807, 2.05) is 23.9 Å². The van der Waals surface area contributed by atoms with Crippen molar-refractivity contribution in [3.63, 3.8) is 0 Å². The predicted octanol–water partition coefficient (Wildman–Crippen LogP) is 1.52. The topological polar surface area (TPSA) is 53.4 Å². The van der Waals surface area contributed by atoms with Crippen molar-refractivity contribution in [1.29, 1.82) is 0 Å². The van der Waals surface area contributed by atoms with Crippen molar-refractivity contribution in [2.75, 3.05) is 24.6 Å². The van der Waals surface area contributed by atoms with Crippen molar-refractivity contribution in [2.45, 2.75) is 18.9 Å². The van der Waals surface area contributed by atoms with Crippen LogP contribution in [0.4, 0.5) is 0 Å². The molecule has 1 N–H and O–H groups in total. The van der Waals surface area contributed by atoms with E-state index in [-0.39, 0.29) is 12.5 Å². The number of pyridine rings is 1. The highest BCUT2D eigenvalue weighted by molar-refractivity contribution is 7.99. The van der Waals surface area contributed by atoms with Gasteiger partial charge in [-0.15, -0.1) is 0 Å². The summed E-state index contributed by atoms with van der Waals surface area (Å²) in [5, 5.41) is 8.92. The Kier molecular flexibility index (Phi) is 5.01. The van der Waals surface area contributed by atoms with Crippen LogP contribution in [0.25, 0.3) is 0 Å². The van der Waals surface area contributed by atoms with E-state index >= 15 is 0 Å². The van der Waals surface area contributed by atoms with Crippen molar-refractivity contribution < 1.29 is 9.90 Å². The third-order valence-electron chi connectivity index (χ3n) is 3.20. The molecule has 0 amide bonds. The summed E-state index contributed by atoms with van der Waals surface area (Å²) < 4.78 is 0. The normalized spacial score (nSPS) is 20.8. The van der Waals surface area contributed by atoms with Crippen molar-refractivity contribution in [2.24, 2.45) is 0 Å². The molecule has 4 nitrogen and oxygen atoms in total. The molecule has 0 saturated carbocycles. The summed E-state index contributed by atoms with van der Waals surface area (Å²) in [5.74, 6) is 1.34. The fraction of sp³-hybridized carbons (Fsp3) is 0.538. The Labute approximate surface area is 111 Å². The molecule has 0 spiro atoms. The second-order valence-electron chi connectivity index (χ2n) is 4.47. The lowest BCUT2D eigenvalue weighted by Gasteiger charge is -2.34. The minimum Gasteiger partial charge on any atom is -0.481 e. The van der Waals surface area contributed by atoms with Crippen LogP contribution < -0.4 is 0 Å². The van der Waals surface area contributed by atoms with Gasteiger partial charge in [-0.3, -0.25) is 14.7 Å². The van der Waals surface area contributed by atoms with Gasteiger partial charge in [-0.05, 0) is 24.1 Å². The molecule has 2 rings (SSSR count). The molecule has 18 heavy (non-hydrogen) atoms.